The molecule has 3 heteroatoms. The highest BCUT2D eigenvalue weighted by Gasteiger charge is 2.03. The van der Waals surface area contributed by atoms with Crippen LogP contribution in [-0.4, -0.2) is 19.2 Å². The van der Waals surface area contributed by atoms with Crippen LogP contribution in [-0.2, 0) is 0 Å². The van der Waals surface area contributed by atoms with Crippen LogP contribution in [0.15, 0.2) is 24.3 Å². The van der Waals surface area contributed by atoms with Crippen LogP contribution in [0, 0.1) is 5.82 Å². The summed E-state index contributed by atoms with van der Waals surface area (Å²) in [4.78, 5) is 0. The summed E-state index contributed by atoms with van der Waals surface area (Å²) in [5, 5.41) is 3.22. The molecule has 1 aromatic carbocycles. The number of rotatable bonds is 6. The van der Waals surface area contributed by atoms with E-state index in [4.69, 9.17) is 4.74 Å². The minimum atomic E-state index is -0.258. The van der Waals surface area contributed by atoms with Crippen molar-refractivity contribution in [3.05, 3.63) is 30.1 Å². The highest BCUT2D eigenvalue weighted by Crippen LogP contribution is 2.14. The molecule has 0 fully saturated rings. The summed E-state index contributed by atoms with van der Waals surface area (Å²) in [7, 11) is 0. The van der Waals surface area contributed by atoms with Crippen molar-refractivity contribution < 1.29 is 9.13 Å². The molecule has 0 aliphatic rings. The lowest BCUT2D eigenvalue weighted by Crippen LogP contribution is -2.21. The van der Waals surface area contributed by atoms with Gasteiger partial charge in [0.15, 0.2) is 0 Å². The predicted octanol–water partition coefficient (Wildman–Crippen LogP) is 2.59. The predicted molar refractivity (Wildman–Crippen MR) is 59.7 cm³/mol. The van der Waals surface area contributed by atoms with Gasteiger partial charge in [-0.2, -0.15) is 0 Å². The second kappa shape index (κ2) is 6.40. The topological polar surface area (TPSA) is 21.3 Å². The average Bonchev–Trinajstić information content (AvgIpc) is 2.18. The molecule has 0 saturated carbocycles. The Kier molecular flexibility index (Phi) is 5.12. The molecule has 1 rings (SSSR count). The molecule has 15 heavy (non-hydrogen) atoms. The largest absolute Gasteiger partial charge is 0.491 e. The van der Waals surface area contributed by atoms with Gasteiger partial charge in [0, 0.05) is 6.07 Å². The van der Waals surface area contributed by atoms with Gasteiger partial charge >= 0.3 is 0 Å². The van der Waals surface area contributed by atoms with E-state index >= 15 is 0 Å². The molecule has 1 N–H and O–H groups in total. The van der Waals surface area contributed by atoms with Crippen molar-refractivity contribution >= 4 is 0 Å². The molecule has 0 aromatic heterocycles. The molecule has 0 aliphatic heterocycles. The SMILES string of the molecule is CCNCCC(C)Oc1cccc(F)c1. The third-order valence-corrected chi connectivity index (χ3v) is 2.11. The van der Waals surface area contributed by atoms with Crippen LogP contribution in [0.3, 0.4) is 0 Å². The second-order valence-electron chi connectivity index (χ2n) is 3.53. The Labute approximate surface area is 90.4 Å². The van der Waals surface area contributed by atoms with Crippen LogP contribution in [0.1, 0.15) is 20.3 Å². The van der Waals surface area contributed by atoms with Crippen LogP contribution in [0.2, 0.25) is 0 Å². The minimum Gasteiger partial charge on any atom is -0.491 e. The van der Waals surface area contributed by atoms with E-state index in [-0.39, 0.29) is 11.9 Å². The molecule has 0 heterocycles. The molecule has 1 unspecified atom stereocenters. The maximum atomic E-state index is 12.8. The first-order valence-electron chi connectivity index (χ1n) is 5.35. The molecule has 0 amide bonds. The minimum absolute atomic E-state index is 0.103. The Hall–Kier alpha value is -1.09. The van der Waals surface area contributed by atoms with Gasteiger partial charge < -0.3 is 10.1 Å². The highest BCUT2D eigenvalue weighted by molar-refractivity contribution is 5.22. The third-order valence-electron chi connectivity index (χ3n) is 2.11. The van der Waals surface area contributed by atoms with Crippen LogP contribution in [0.25, 0.3) is 0 Å². The van der Waals surface area contributed by atoms with Crippen molar-refractivity contribution in [2.24, 2.45) is 0 Å². The maximum Gasteiger partial charge on any atom is 0.126 e. The second-order valence-corrected chi connectivity index (χ2v) is 3.53. The Morgan fingerprint density at radius 1 is 1.47 bits per heavy atom. The first kappa shape index (κ1) is 12.0. The summed E-state index contributed by atoms with van der Waals surface area (Å²) in [5.74, 6) is 0.338. The summed E-state index contributed by atoms with van der Waals surface area (Å²) < 4.78 is 18.4. The van der Waals surface area contributed by atoms with Gasteiger partial charge in [-0.3, -0.25) is 0 Å². The standard InChI is InChI=1S/C12H18FNO/c1-3-14-8-7-10(2)15-12-6-4-5-11(13)9-12/h4-6,9-10,14H,3,7-8H2,1-2H3. The van der Waals surface area contributed by atoms with E-state index in [2.05, 4.69) is 12.2 Å². The zero-order chi connectivity index (χ0) is 11.1. The average molecular weight is 211 g/mol. The van der Waals surface area contributed by atoms with Crippen molar-refractivity contribution in [1.29, 1.82) is 0 Å². The van der Waals surface area contributed by atoms with Gasteiger partial charge in [0.25, 0.3) is 0 Å². The number of hydrogen-bond acceptors (Lipinski definition) is 2. The van der Waals surface area contributed by atoms with Crippen molar-refractivity contribution in [3.8, 4) is 5.75 Å². The molecule has 0 spiro atoms. The molecule has 1 aromatic rings. The summed E-state index contributed by atoms with van der Waals surface area (Å²) in [6.45, 7) is 5.94. The fourth-order valence-corrected chi connectivity index (χ4v) is 1.31. The molecule has 0 radical (unpaired) electrons. The van der Waals surface area contributed by atoms with Gasteiger partial charge in [0.1, 0.15) is 11.6 Å². The van der Waals surface area contributed by atoms with E-state index in [0.29, 0.717) is 5.75 Å². The van der Waals surface area contributed by atoms with E-state index in [1.54, 1.807) is 12.1 Å². The summed E-state index contributed by atoms with van der Waals surface area (Å²) in [6.07, 6.45) is 1.02. The van der Waals surface area contributed by atoms with Crippen LogP contribution >= 0.6 is 0 Å². The van der Waals surface area contributed by atoms with Gasteiger partial charge in [-0.1, -0.05) is 13.0 Å². The summed E-state index contributed by atoms with van der Waals surface area (Å²) >= 11 is 0. The molecular formula is C12H18FNO. The van der Waals surface area contributed by atoms with Crippen LogP contribution in [0.4, 0.5) is 4.39 Å². The van der Waals surface area contributed by atoms with Crippen LogP contribution in [0.5, 0.6) is 5.75 Å². The first-order valence-corrected chi connectivity index (χ1v) is 5.35. The summed E-state index contributed by atoms with van der Waals surface area (Å²) in [5.41, 5.74) is 0. The lowest BCUT2D eigenvalue weighted by atomic mass is 10.2. The number of benzene rings is 1. The number of nitrogens with one attached hydrogen (secondary N) is 1. The third kappa shape index (κ3) is 4.79. The lowest BCUT2D eigenvalue weighted by molar-refractivity contribution is 0.209. The van der Waals surface area contributed by atoms with Gasteiger partial charge in [0.2, 0.25) is 0 Å². The molecule has 1 atom stereocenters. The quantitative estimate of drug-likeness (QED) is 0.730. The Balaban J connectivity index is 2.34. The smallest absolute Gasteiger partial charge is 0.126 e. The fraction of sp³-hybridized carbons (Fsp3) is 0.500. The highest BCUT2D eigenvalue weighted by atomic mass is 19.1. The van der Waals surface area contributed by atoms with Gasteiger partial charge in [-0.05, 0) is 38.6 Å². The summed E-state index contributed by atoms with van der Waals surface area (Å²) in [6, 6.07) is 6.24. The molecule has 2 nitrogen and oxygen atoms in total. The maximum absolute atomic E-state index is 12.8. The number of halogens is 1. The van der Waals surface area contributed by atoms with E-state index in [0.717, 1.165) is 19.5 Å². The number of ether oxygens (including phenoxy) is 1. The molecule has 0 aliphatic carbocycles. The van der Waals surface area contributed by atoms with E-state index in [1.165, 1.54) is 12.1 Å². The Bertz CT molecular complexity index is 291. The number of hydrogen-bond donors (Lipinski definition) is 1. The van der Waals surface area contributed by atoms with E-state index in [1.807, 2.05) is 6.92 Å². The first-order chi connectivity index (χ1) is 7.22. The van der Waals surface area contributed by atoms with Crippen molar-refractivity contribution in [3.63, 3.8) is 0 Å². The van der Waals surface area contributed by atoms with E-state index in [9.17, 15) is 4.39 Å². The lowest BCUT2D eigenvalue weighted by Gasteiger charge is -2.14. The van der Waals surface area contributed by atoms with Crippen molar-refractivity contribution in [2.45, 2.75) is 26.4 Å². The zero-order valence-electron chi connectivity index (χ0n) is 9.29. The Morgan fingerprint density at radius 3 is 2.93 bits per heavy atom. The monoisotopic (exact) mass is 211 g/mol. The van der Waals surface area contributed by atoms with Crippen LogP contribution < -0.4 is 10.1 Å². The van der Waals surface area contributed by atoms with Crippen molar-refractivity contribution in [1.82, 2.24) is 5.32 Å². The molecule has 0 saturated heterocycles. The fourth-order valence-electron chi connectivity index (χ4n) is 1.31. The Morgan fingerprint density at radius 2 is 2.27 bits per heavy atom. The zero-order valence-corrected chi connectivity index (χ0v) is 9.29. The molecule has 0 bridgehead atoms. The molecular weight excluding hydrogens is 193 g/mol. The normalized spacial score (nSPS) is 12.5. The van der Waals surface area contributed by atoms with Gasteiger partial charge in [0.05, 0.1) is 6.10 Å². The molecule has 84 valence electrons. The van der Waals surface area contributed by atoms with Crippen molar-refractivity contribution in [2.75, 3.05) is 13.1 Å². The van der Waals surface area contributed by atoms with E-state index < -0.39 is 0 Å². The van der Waals surface area contributed by atoms with Gasteiger partial charge in [-0.25, -0.2) is 4.39 Å². The van der Waals surface area contributed by atoms with Gasteiger partial charge in [-0.15, -0.1) is 0 Å².